The van der Waals surface area contributed by atoms with Gasteiger partial charge in [-0.05, 0) is 54.1 Å². The van der Waals surface area contributed by atoms with Crippen molar-refractivity contribution in [3.63, 3.8) is 0 Å². The molecule has 0 spiro atoms. The summed E-state index contributed by atoms with van der Waals surface area (Å²) in [5, 5.41) is 12.2. The minimum absolute atomic E-state index is 0.0735. The van der Waals surface area contributed by atoms with Gasteiger partial charge in [0.15, 0.2) is 0 Å². The van der Waals surface area contributed by atoms with E-state index in [-0.39, 0.29) is 19.0 Å². The maximum Gasteiger partial charge on any atom is 0.415 e. The van der Waals surface area contributed by atoms with Crippen LogP contribution in [0.2, 0.25) is 5.02 Å². The van der Waals surface area contributed by atoms with Gasteiger partial charge in [-0.2, -0.15) is 4.80 Å². The summed E-state index contributed by atoms with van der Waals surface area (Å²) in [5.74, 6) is -0.196. The Morgan fingerprint density at radius 3 is 2.72 bits per heavy atom. The molecule has 0 aliphatic carbocycles. The largest absolute Gasteiger partial charge is 0.497 e. The number of cyclic esters (lactones) is 1. The van der Waals surface area contributed by atoms with E-state index in [0.29, 0.717) is 16.5 Å². The number of hydrogen-bond donors (Lipinski definition) is 0. The quantitative estimate of drug-likeness (QED) is 0.497. The van der Waals surface area contributed by atoms with Crippen molar-refractivity contribution in [2.75, 3.05) is 18.6 Å². The molecule has 0 bridgehead atoms. The molecule has 10 nitrogen and oxygen atoms in total. The van der Waals surface area contributed by atoms with Crippen molar-refractivity contribution >= 4 is 29.4 Å². The highest BCUT2D eigenvalue weighted by atomic mass is 35.5. The molecule has 1 fully saturated rings. The van der Waals surface area contributed by atoms with Crippen LogP contribution in [0.25, 0.3) is 0 Å². The van der Waals surface area contributed by atoms with Crippen molar-refractivity contribution in [1.29, 1.82) is 0 Å². The Kier molecular flexibility index (Phi) is 6.22. The van der Waals surface area contributed by atoms with Crippen LogP contribution in [0.4, 0.5) is 10.5 Å². The summed E-state index contributed by atoms with van der Waals surface area (Å²) in [7, 11) is 1.57. The monoisotopic (exact) mass is 457 g/mol. The van der Waals surface area contributed by atoms with E-state index in [1.165, 1.54) is 4.80 Å². The first-order valence-corrected chi connectivity index (χ1v) is 10.2. The molecule has 0 unspecified atom stereocenters. The molecule has 1 saturated heterocycles. The fourth-order valence-electron chi connectivity index (χ4n) is 3.48. The third kappa shape index (κ3) is 4.35. The zero-order valence-corrected chi connectivity index (χ0v) is 18.1. The molecule has 0 saturated carbocycles. The summed E-state index contributed by atoms with van der Waals surface area (Å²) < 4.78 is 15.9. The fourth-order valence-corrected chi connectivity index (χ4v) is 3.61. The van der Waals surface area contributed by atoms with Crippen LogP contribution in [-0.2, 0) is 16.0 Å². The maximum atomic E-state index is 12.9. The van der Waals surface area contributed by atoms with Crippen molar-refractivity contribution < 1.29 is 23.8 Å². The van der Waals surface area contributed by atoms with Gasteiger partial charge in [0, 0.05) is 10.7 Å². The number of halogens is 1. The zero-order chi connectivity index (χ0) is 22.7. The van der Waals surface area contributed by atoms with Crippen LogP contribution in [0.15, 0.2) is 48.5 Å². The molecular weight excluding hydrogens is 438 g/mol. The summed E-state index contributed by atoms with van der Waals surface area (Å²) in [6.45, 7) is 1.95. The van der Waals surface area contributed by atoms with Gasteiger partial charge in [0.25, 0.3) is 5.82 Å². The SMILES string of the molecule is CCOC(=O)c1nnn(C[C@@H]2OC(=O)N(c3ccc(Cl)cc3)[C@H]2c2cccc(OC)c2)n1. The first kappa shape index (κ1) is 21.6. The molecule has 1 aliphatic rings. The minimum Gasteiger partial charge on any atom is -0.497 e. The van der Waals surface area contributed by atoms with Crippen LogP contribution in [0, 0.1) is 0 Å². The Morgan fingerprint density at radius 2 is 2.00 bits per heavy atom. The third-order valence-electron chi connectivity index (χ3n) is 4.87. The second-order valence-electron chi connectivity index (χ2n) is 6.88. The second kappa shape index (κ2) is 9.23. The van der Waals surface area contributed by atoms with Crippen LogP contribution in [-0.4, -0.2) is 52.1 Å². The lowest BCUT2D eigenvalue weighted by molar-refractivity contribution is 0.0510. The molecule has 11 heteroatoms. The number of anilines is 1. The predicted molar refractivity (Wildman–Crippen MR) is 114 cm³/mol. The fraction of sp³-hybridized carbons (Fsp3) is 0.286. The summed E-state index contributed by atoms with van der Waals surface area (Å²) >= 11 is 6.02. The standard InChI is InChI=1S/C21H20ClN5O5/c1-3-31-20(28)19-23-25-26(24-19)12-17-18(13-5-4-6-16(11-13)30-2)27(21(29)32-17)15-9-7-14(22)8-10-15/h4-11,17-18H,3,12H2,1-2H3/t17-,18-/m0/s1. The molecule has 2 aromatic carbocycles. The number of carbonyl (C=O) groups is 2. The number of aromatic nitrogens is 4. The Morgan fingerprint density at radius 1 is 1.22 bits per heavy atom. The summed E-state index contributed by atoms with van der Waals surface area (Å²) in [6.07, 6.45) is -1.20. The average molecular weight is 458 g/mol. The van der Waals surface area contributed by atoms with Gasteiger partial charge in [0.1, 0.15) is 24.4 Å². The van der Waals surface area contributed by atoms with E-state index in [9.17, 15) is 9.59 Å². The second-order valence-corrected chi connectivity index (χ2v) is 7.31. The number of hydrogen-bond acceptors (Lipinski definition) is 8. The van der Waals surface area contributed by atoms with Gasteiger partial charge in [-0.1, -0.05) is 23.7 Å². The van der Waals surface area contributed by atoms with Crippen molar-refractivity contribution in [3.8, 4) is 5.75 Å². The molecule has 1 aliphatic heterocycles. The van der Waals surface area contributed by atoms with Crippen LogP contribution < -0.4 is 9.64 Å². The number of amides is 1. The van der Waals surface area contributed by atoms with Gasteiger partial charge < -0.3 is 14.2 Å². The Bertz CT molecular complexity index is 1120. The van der Waals surface area contributed by atoms with Gasteiger partial charge in [-0.25, -0.2) is 9.59 Å². The third-order valence-corrected chi connectivity index (χ3v) is 5.13. The lowest BCUT2D eigenvalue weighted by Gasteiger charge is -2.25. The molecule has 166 valence electrons. The molecule has 0 radical (unpaired) electrons. The van der Waals surface area contributed by atoms with Crippen LogP contribution in [0.3, 0.4) is 0 Å². The Hall–Kier alpha value is -3.66. The molecule has 2 atom stereocenters. The van der Waals surface area contributed by atoms with E-state index in [1.54, 1.807) is 43.2 Å². The van der Waals surface area contributed by atoms with E-state index in [1.807, 2.05) is 24.3 Å². The van der Waals surface area contributed by atoms with Crippen molar-refractivity contribution in [3.05, 3.63) is 64.9 Å². The summed E-state index contributed by atoms with van der Waals surface area (Å²) in [6, 6.07) is 13.7. The van der Waals surface area contributed by atoms with Crippen LogP contribution in [0.5, 0.6) is 5.75 Å². The van der Waals surface area contributed by atoms with Crippen molar-refractivity contribution in [2.24, 2.45) is 0 Å². The normalized spacial score (nSPS) is 17.8. The molecule has 3 aromatic rings. The summed E-state index contributed by atoms with van der Waals surface area (Å²) in [4.78, 5) is 27.5. The first-order valence-electron chi connectivity index (χ1n) is 9.84. The highest BCUT2D eigenvalue weighted by molar-refractivity contribution is 6.30. The molecule has 1 amide bonds. The van der Waals surface area contributed by atoms with Gasteiger partial charge >= 0.3 is 12.1 Å². The number of tetrazole rings is 1. The molecular formula is C21H20ClN5O5. The topological polar surface area (TPSA) is 109 Å². The number of esters is 1. The molecule has 4 rings (SSSR count). The van der Waals surface area contributed by atoms with E-state index in [2.05, 4.69) is 15.4 Å². The minimum atomic E-state index is -0.672. The Balaban J connectivity index is 1.68. The van der Waals surface area contributed by atoms with Gasteiger partial charge in [-0.3, -0.25) is 4.90 Å². The predicted octanol–water partition coefficient (Wildman–Crippen LogP) is 3.28. The Labute approximate surface area is 188 Å². The zero-order valence-electron chi connectivity index (χ0n) is 17.3. The smallest absolute Gasteiger partial charge is 0.415 e. The lowest BCUT2D eigenvalue weighted by atomic mass is 9.99. The van der Waals surface area contributed by atoms with Gasteiger partial charge in [0.2, 0.25) is 0 Å². The highest BCUT2D eigenvalue weighted by Crippen LogP contribution is 2.39. The van der Waals surface area contributed by atoms with Crippen LogP contribution >= 0.6 is 11.6 Å². The van der Waals surface area contributed by atoms with Gasteiger partial charge in [0.05, 0.1) is 13.7 Å². The average Bonchev–Trinajstić information content (AvgIpc) is 3.39. The number of methoxy groups -OCH3 is 1. The lowest BCUT2D eigenvalue weighted by Crippen LogP contribution is -2.31. The molecule has 1 aromatic heterocycles. The van der Waals surface area contributed by atoms with Gasteiger partial charge in [-0.15, -0.1) is 10.2 Å². The number of nitrogens with zero attached hydrogens (tertiary/aromatic N) is 5. The number of rotatable bonds is 7. The van der Waals surface area contributed by atoms with Crippen molar-refractivity contribution in [1.82, 2.24) is 20.2 Å². The molecule has 2 heterocycles. The van der Waals surface area contributed by atoms with E-state index in [4.69, 9.17) is 25.8 Å². The van der Waals surface area contributed by atoms with Crippen LogP contribution in [0.1, 0.15) is 29.1 Å². The van der Waals surface area contributed by atoms with Crippen molar-refractivity contribution in [2.45, 2.75) is 25.6 Å². The highest BCUT2D eigenvalue weighted by Gasteiger charge is 2.44. The first-order chi connectivity index (χ1) is 15.5. The summed E-state index contributed by atoms with van der Waals surface area (Å²) in [5.41, 5.74) is 1.41. The number of ether oxygens (including phenoxy) is 3. The van der Waals surface area contributed by atoms with E-state index in [0.717, 1.165) is 5.56 Å². The number of carbonyl (C=O) groups excluding carboxylic acids is 2. The number of benzene rings is 2. The van der Waals surface area contributed by atoms with E-state index >= 15 is 0 Å². The maximum absolute atomic E-state index is 12.9. The van der Waals surface area contributed by atoms with E-state index < -0.39 is 24.2 Å². The molecule has 0 N–H and O–H groups in total. The molecule has 32 heavy (non-hydrogen) atoms.